The minimum absolute atomic E-state index is 0.123. The van der Waals surface area contributed by atoms with E-state index in [-0.39, 0.29) is 5.69 Å². The van der Waals surface area contributed by atoms with Gasteiger partial charge in [0.2, 0.25) is 6.10 Å². The van der Waals surface area contributed by atoms with Crippen molar-refractivity contribution in [3.05, 3.63) is 98.5 Å². The van der Waals surface area contributed by atoms with Gasteiger partial charge in [0.1, 0.15) is 0 Å². The highest BCUT2D eigenvalue weighted by molar-refractivity contribution is 9.10. The molecule has 3 aromatic rings. The molecule has 9 heteroatoms. The van der Waals surface area contributed by atoms with Crippen LogP contribution in [0.2, 0.25) is 0 Å². The summed E-state index contributed by atoms with van der Waals surface area (Å²) in [5, 5.41) is 13.6. The predicted octanol–water partition coefficient (Wildman–Crippen LogP) is 4.96. The summed E-state index contributed by atoms with van der Waals surface area (Å²) in [5.74, 6) is -1.24. The number of nitrogens with zero attached hydrogens (tertiary/aromatic N) is 2. The number of carbonyl (C=O) groups excluding carboxylic acids is 2. The van der Waals surface area contributed by atoms with Crippen molar-refractivity contribution in [1.82, 2.24) is 0 Å². The molecule has 164 valence electrons. The van der Waals surface area contributed by atoms with Gasteiger partial charge >= 0.3 is 5.97 Å². The molecule has 3 aromatic carbocycles. The van der Waals surface area contributed by atoms with Gasteiger partial charge in [-0.05, 0) is 46.3 Å². The Morgan fingerprint density at radius 2 is 1.69 bits per heavy atom. The van der Waals surface area contributed by atoms with Gasteiger partial charge in [0.15, 0.2) is 0 Å². The van der Waals surface area contributed by atoms with Crippen molar-refractivity contribution in [3.63, 3.8) is 0 Å². The molecule has 1 atom stereocenters. The number of rotatable bonds is 7. The summed E-state index contributed by atoms with van der Waals surface area (Å²) in [6, 6.07) is 19.4. The minimum Gasteiger partial charge on any atom is -0.444 e. The first-order valence-corrected chi connectivity index (χ1v) is 10.3. The topological polar surface area (TPSA) is 102 Å². The lowest BCUT2D eigenvalue weighted by molar-refractivity contribution is -0.384. The van der Waals surface area contributed by atoms with Crippen LogP contribution in [0.1, 0.15) is 22.0 Å². The minimum atomic E-state index is -1.22. The third-order valence-electron chi connectivity index (χ3n) is 4.61. The van der Waals surface area contributed by atoms with E-state index in [9.17, 15) is 19.7 Å². The number of halogens is 1. The van der Waals surface area contributed by atoms with Crippen molar-refractivity contribution in [3.8, 4) is 0 Å². The number of benzene rings is 3. The Morgan fingerprint density at radius 3 is 2.25 bits per heavy atom. The highest BCUT2D eigenvalue weighted by Crippen LogP contribution is 2.29. The number of hydrogen-bond donors (Lipinski definition) is 1. The molecular weight excluding hydrogens is 478 g/mol. The molecule has 0 spiro atoms. The van der Waals surface area contributed by atoms with E-state index < -0.39 is 22.9 Å². The lowest BCUT2D eigenvalue weighted by Crippen LogP contribution is -2.26. The molecule has 0 fully saturated rings. The van der Waals surface area contributed by atoms with Crippen LogP contribution in [0, 0.1) is 10.1 Å². The third-order valence-corrected chi connectivity index (χ3v) is 5.26. The Hall–Kier alpha value is -3.72. The smallest absolute Gasteiger partial charge is 0.339 e. The van der Waals surface area contributed by atoms with Crippen LogP contribution >= 0.6 is 15.9 Å². The van der Waals surface area contributed by atoms with Gasteiger partial charge in [-0.15, -0.1) is 0 Å². The second-order valence-corrected chi connectivity index (χ2v) is 7.90. The maximum atomic E-state index is 13.0. The normalized spacial score (nSPS) is 11.3. The lowest BCUT2D eigenvalue weighted by Gasteiger charge is -2.19. The average Bonchev–Trinajstić information content (AvgIpc) is 2.79. The third kappa shape index (κ3) is 5.50. The molecule has 1 N–H and O–H groups in total. The molecule has 1 amide bonds. The molecule has 0 saturated heterocycles. The number of esters is 1. The van der Waals surface area contributed by atoms with Crippen molar-refractivity contribution in [2.75, 3.05) is 24.3 Å². The van der Waals surface area contributed by atoms with Gasteiger partial charge in [0, 0.05) is 42.0 Å². The van der Waals surface area contributed by atoms with E-state index in [4.69, 9.17) is 4.74 Å². The van der Waals surface area contributed by atoms with Crippen LogP contribution in [0.4, 0.5) is 17.1 Å². The molecule has 0 radical (unpaired) electrons. The molecule has 0 bridgehead atoms. The van der Waals surface area contributed by atoms with E-state index in [2.05, 4.69) is 21.2 Å². The van der Waals surface area contributed by atoms with Gasteiger partial charge in [-0.3, -0.25) is 14.9 Å². The fourth-order valence-electron chi connectivity index (χ4n) is 2.89. The van der Waals surface area contributed by atoms with E-state index in [1.165, 1.54) is 18.2 Å². The van der Waals surface area contributed by atoms with Crippen molar-refractivity contribution < 1.29 is 19.2 Å². The van der Waals surface area contributed by atoms with Gasteiger partial charge < -0.3 is 15.0 Å². The number of carbonyl (C=O) groups is 2. The fraction of sp³-hybridized carbons (Fsp3) is 0.130. The zero-order valence-electron chi connectivity index (χ0n) is 17.3. The summed E-state index contributed by atoms with van der Waals surface area (Å²) >= 11 is 3.22. The summed E-state index contributed by atoms with van der Waals surface area (Å²) in [4.78, 5) is 38.1. The standard InChI is InChI=1S/C23H20BrN3O5/c1-26(2)17-10-8-16(9-11-17)23(29)32-21(15-6-4-3-5-7-15)22(28)25-20-13-12-18(27(30)31)14-19(20)24/h3-14,21H,1-2H3,(H,25,28). The van der Waals surface area contributed by atoms with Crippen molar-refractivity contribution in [2.24, 2.45) is 0 Å². The van der Waals surface area contributed by atoms with E-state index in [1.54, 1.807) is 54.6 Å². The quantitative estimate of drug-likeness (QED) is 0.281. The first kappa shape index (κ1) is 23.0. The lowest BCUT2D eigenvalue weighted by atomic mass is 10.1. The molecule has 3 rings (SSSR count). The number of hydrogen-bond acceptors (Lipinski definition) is 6. The summed E-state index contributed by atoms with van der Waals surface area (Å²) in [7, 11) is 3.78. The Balaban J connectivity index is 1.84. The summed E-state index contributed by atoms with van der Waals surface area (Å²) in [6.45, 7) is 0. The first-order chi connectivity index (χ1) is 15.3. The highest BCUT2D eigenvalue weighted by Gasteiger charge is 2.26. The zero-order chi connectivity index (χ0) is 23.3. The summed E-state index contributed by atoms with van der Waals surface area (Å²) in [5.41, 5.74) is 1.90. The molecule has 32 heavy (non-hydrogen) atoms. The maximum Gasteiger partial charge on any atom is 0.339 e. The number of nitrogens with one attached hydrogen (secondary N) is 1. The van der Waals surface area contributed by atoms with Crippen LogP contribution in [-0.2, 0) is 9.53 Å². The maximum absolute atomic E-state index is 13.0. The number of ether oxygens (including phenoxy) is 1. The number of nitro groups is 1. The van der Waals surface area contributed by atoms with E-state index in [1.807, 2.05) is 19.0 Å². The van der Waals surface area contributed by atoms with Gasteiger partial charge in [-0.2, -0.15) is 0 Å². The van der Waals surface area contributed by atoms with Crippen molar-refractivity contribution in [1.29, 1.82) is 0 Å². The number of anilines is 2. The van der Waals surface area contributed by atoms with Gasteiger partial charge in [0.05, 0.1) is 16.2 Å². The second-order valence-electron chi connectivity index (χ2n) is 7.05. The van der Waals surface area contributed by atoms with Gasteiger partial charge in [-0.1, -0.05) is 30.3 Å². The highest BCUT2D eigenvalue weighted by atomic mass is 79.9. The van der Waals surface area contributed by atoms with E-state index in [0.717, 1.165) is 5.69 Å². The van der Waals surface area contributed by atoms with Gasteiger partial charge in [-0.25, -0.2) is 4.79 Å². The van der Waals surface area contributed by atoms with Crippen LogP contribution < -0.4 is 10.2 Å². The van der Waals surface area contributed by atoms with Crippen LogP contribution in [0.3, 0.4) is 0 Å². The molecule has 0 aliphatic rings. The molecule has 8 nitrogen and oxygen atoms in total. The Morgan fingerprint density at radius 1 is 1.03 bits per heavy atom. The Kier molecular flexibility index (Phi) is 7.21. The van der Waals surface area contributed by atoms with Crippen LogP contribution in [0.25, 0.3) is 0 Å². The first-order valence-electron chi connectivity index (χ1n) is 9.54. The molecule has 0 heterocycles. The van der Waals surface area contributed by atoms with Crippen LogP contribution in [0.5, 0.6) is 0 Å². The Labute approximate surface area is 193 Å². The van der Waals surface area contributed by atoms with Crippen LogP contribution in [0.15, 0.2) is 77.3 Å². The number of nitro benzene ring substituents is 1. The molecular formula is C23H20BrN3O5. The van der Waals surface area contributed by atoms with E-state index >= 15 is 0 Å². The summed E-state index contributed by atoms with van der Waals surface area (Å²) < 4.78 is 5.90. The molecule has 1 unspecified atom stereocenters. The molecule has 0 aliphatic carbocycles. The number of amides is 1. The Bertz CT molecular complexity index is 1130. The van der Waals surface area contributed by atoms with E-state index in [0.29, 0.717) is 21.3 Å². The second kappa shape index (κ2) is 10.1. The average molecular weight is 498 g/mol. The van der Waals surface area contributed by atoms with Crippen LogP contribution in [-0.4, -0.2) is 30.9 Å². The largest absolute Gasteiger partial charge is 0.444 e. The van der Waals surface area contributed by atoms with Crippen molar-refractivity contribution in [2.45, 2.75) is 6.10 Å². The SMILES string of the molecule is CN(C)c1ccc(C(=O)OC(C(=O)Nc2ccc([N+](=O)[O-])cc2Br)c2ccccc2)cc1. The zero-order valence-corrected chi connectivity index (χ0v) is 18.9. The number of non-ortho nitro benzene ring substituents is 1. The monoisotopic (exact) mass is 497 g/mol. The fourth-order valence-corrected chi connectivity index (χ4v) is 3.35. The predicted molar refractivity (Wildman–Crippen MR) is 125 cm³/mol. The van der Waals surface area contributed by atoms with Gasteiger partial charge in [0.25, 0.3) is 11.6 Å². The van der Waals surface area contributed by atoms with Crippen molar-refractivity contribution >= 4 is 44.9 Å². The molecule has 0 saturated carbocycles. The molecule has 0 aromatic heterocycles. The molecule has 0 aliphatic heterocycles. The summed E-state index contributed by atoms with van der Waals surface area (Å²) in [6.07, 6.45) is -1.22.